The highest BCUT2D eigenvalue weighted by atomic mass is 35.5. The quantitative estimate of drug-likeness (QED) is 0.377. The van der Waals surface area contributed by atoms with E-state index < -0.39 is 22.3 Å². The number of hydrogen-bond donors (Lipinski definition) is 2. The van der Waals surface area contributed by atoms with E-state index in [4.69, 9.17) is 23.8 Å². The van der Waals surface area contributed by atoms with Crippen molar-refractivity contribution in [1.29, 1.82) is 0 Å². The number of hydrogen-bond acceptors (Lipinski definition) is 6. The van der Waals surface area contributed by atoms with Crippen molar-refractivity contribution in [2.75, 3.05) is 0 Å². The molecule has 0 saturated carbocycles. The van der Waals surface area contributed by atoms with Crippen molar-refractivity contribution in [3.63, 3.8) is 0 Å². The Hall–Kier alpha value is -1.64. The largest absolute Gasteiger partial charge is 0.502 e. The number of halogens is 1. The first-order chi connectivity index (χ1) is 8.88. The fourth-order valence-corrected chi connectivity index (χ4v) is 2.67. The van der Waals surface area contributed by atoms with Crippen LogP contribution in [0.2, 0.25) is 5.02 Å². The van der Waals surface area contributed by atoms with Gasteiger partial charge in [-0.05, 0) is 12.1 Å². The van der Waals surface area contributed by atoms with Crippen LogP contribution in [0.25, 0.3) is 6.08 Å². The number of rotatable bonds is 2. The van der Waals surface area contributed by atoms with E-state index >= 15 is 0 Å². The van der Waals surface area contributed by atoms with Gasteiger partial charge in [0.15, 0.2) is 0 Å². The zero-order chi connectivity index (χ0) is 14.2. The van der Waals surface area contributed by atoms with E-state index in [9.17, 15) is 20.0 Å². The predicted molar refractivity (Wildman–Crippen MR) is 76.1 cm³/mol. The fraction of sp³-hybridized carbons (Fsp3) is 0. The van der Waals surface area contributed by atoms with Gasteiger partial charge < -0.3 is 10.4 Å². The van der Waals surface area contributed by atoms with Crippen LogP contribution >= 0.6 is 35.6 Å². The van der Waals surface area contributed by atoms with Crippen molar-refractivity contribution < 1.29 is 14.8 Å². The SMILES string of the molecule is O=C1NC(=S)S/C1=C/c1cc(Cl)cc([N+](=O)[O-])c1O. The molecule has 0 atom stereocenters. The number of amides is 1. The number of nitrogens with one attached hydrogen (secondary N) is 1. The number of nitrogens with zero attached hydrogens (tertiary/aromatic N) is 1. The highest BCUT2D eigenvalue weighted by Gasteiger charge is 2.24. The van der Waals surface area contributed by atoms with E-state index in [2.05, 4.69) is 5.32 Å². The van der Waals surface area contributed by atoms with Gasteiger partial charge in [-0.1, -0.05) is 35.6 Å². The van der Waals surface area contributed by atoms with Gasteiger partial charge >= 0.3 is 5.69 Å². The Morgan fingerprint density at radius 3 is 2.74 bits per heavy atom. The van der Waals surface area contributed by atoms with Crippen LogP contribution in [0.3, 0.4) is 0 Å². The average molecular weight is 317 g/mol. The minimum Gasteiger partial charge on any atom is -0.502 e. The standard InChI is InChI=1S/C10H5ClN2O4S2/c11-5-1-4(8(14)6(3-5)13(16)17)2-7-9(15)12-10(18)19-7/h1-3,14H,(H,12,15,18)/b7-2+. The second-order valence-corrected chi connectivity index (χ2v) is 5.63. The highest BCUT2D eigenvalue weighted by molar-refractivity contribution is 8.26. The number of phenols is 1. The molecule has 1 saturated heterocycles. The van der Waals surface area contributed by atoms with Crippen LogP contribution in [0.1, 0.15) is 5.56 Å². The van der Waals surface area contributed by atoms with Crippen LogP contribution in [0.15, 0.2) is 17.0 Å². The molecule has 2 N–H and O–H groups in total. The molecule has 98 valence electrons. The summed E-state index contributed by atoms with van der Waals surface area (Å²) in [5.41, 5.74) is -0.438. The van der Waals surface area contributed by atoms with Crippen LogP contribution in [-0.2, 0) is 4.79 Å². The van der Waals surface area contributed by atoms with Crippen LogP contribution in [0.4, 0.5) is 5.69 Å². The van der Waals surface area contributed by atoms with E-state index in [1.807, 2.05) is 0 Å². The minimum absolute atomic E-state index is 0.0848. The first kappa shape index (κ1) is 13.8. The molecule has 1 fully saturated rings. The van der Waals surface area contributed by atoms with Gasteiger partial charge in [0.05, 0.1) is 9.83 Å². The minimum atomic E-state index is -0.754. The lowest BCUT2D eigenvalue weighted by molar-refractivity contribution is -0.385. The van der Waals surface area contributed by atoms with E-state index in [1.165, 1.54) is 12.1 Å². The number of carbonyl (C=O) groups is 1. The van der Waals surface area contributed by atoms with Crippen molar-refractivity contribution in [3.8, 4) is 5.75 Å². The normalized spacial score (nSPS) is 16.8. The lowest BCUT2D eigenvalue weighted by Gasteiger charge is -2.02. The Labute approximate surface area is 121 Å². The third kappa shape index (κ3) is 2.86. The molecule has 2 rings (SSSR count). The van der Waals surface area contributed by atoms with E-state index in [0.29, 0.717) is 0 Å². The topological polar surface area (TPSA) is 92.5 Å². The van der Waals surface area contributed by atoms with Crippen LogP contribution in [0.5, 0.6) is 5.75 Å². The maximum absolute atomic E-state index is 11.5. The molecule has 19 heavy (non-hydrogen) atoms. The Balaban J connectivity index is 2.52. The Kier molecular flexibility index (Phi) is 3.74. The average Bonchev–Trinajstić information content (AvgIpc) is 2.61. The summed E-state index contributed by atoms with van der Waals surface area (Å²) in [4.78, 5) is 21.7. The van der Waals surface area contributed by atoms with Gasteiger partial charge in [0.1, 0.15) is 4.32 Å². The Morgan fingerprint density at radius 1 is 1.53 bits per heavy atom. The van der Waals surface area contributed by atoms with Crippen LogP contribution in [0, 0.1) is 10.1 Å². The maximum Gasteiger partial charge on any atom is 0.312 e. The Bertz CT molecular complexity index is 645. The number of aromatic hydroxyl groups is 1. The maximum atomic E-state index is 11.5. The first-order valence-corrected chi connectivity index (χ1v) is 6.40. The number of nitro benzene ring substituents is 1. The monoisotopic (exact) mass is 316 g/mol. The number of thiocarbonyl (C=S) groups is 1. The molecule has 1 aromatic rings. The van der Waals surface area contributed by atoms with E-state index in [0.717, 1.165) is 17.8 Å². The van der Waals surface area contributed by atoms with E-state index in [1.54, 1.807) is 0 Å². The molecule has 0 aromatic heterocycles. The summed E-state index contributed by atoms with van der Waals surface area (Å²) in [6.45, 7) is 0. The summed E-state index contributed by atoms with van der Waals surface area (Å²) >= 11 is 11.6. The molecule has 0 radical (unpaired) electrons. The van der Waals surface area contributed by atoms with Crippen molar-refractivity contribution in [1.82, 2.24) is 5.32 Å². The molecular weight excluding hydrogens is 312 g/mol. The third-order valence-corrected chi connectivity index (χ3v) is 3.59. The second kappa shape index (κ2) is 5.16. The number of nitro groups is 1. The van der Waals surface area contributed by atoms with Gasteiger partial charge in [0.2, 0.25) is 5.75 Å². The van der Waals surface area contributed by atoms with Gasteiger partial charge in [-0.15, -0.1) is 0 Å². The molecule has 1 aromatic carbocycles. The third-order valence-electron chi connectivity index (χ3n) is 2.21. The number of benzene rings is 1. The molecule has 9 heteroatoms. The Morgan fingerprint density at radius 2 is 2.21 bits per heavy atom. The summed E-state index contributed by atoms with van der Waals surface area (Å²) in [5.74, 6) is -0.967. The molecule has 1 heterocycles. The second-order valence-electron chi connectivity index (χ2n) is 3.47. The van der Waals surface area contributed by atoms with Crippen molar-refractivity contribution in [3.05, 3.63) is 37.7 Å². The zero-order valence-corrected chi connectivity index (χ0v) is 11.4. The lowest BCUT2D eigenvalue weighted by Crippen LogP contribution is -2.17. The summed E-state index contributed by atoms with van der Waals surface area (Å²) < 4.78 is 0.285. The van der Waals surface area contributed by atoms with Crippen LogP contribution in [-0.4, -0.2) is 20.3 Å². The zero-order valence-electron chi connectivity index (χ0n) is 9.05. The fourth-order valence-electron chi connectivity index (χ4n) is 1.42. The molecule has 0 unspecified atom stereocenters. The molecule has 1 aliphatic heterocycles. The molecular formula is C10H5ClN2O4S2. The van der Waals surface area contributed by atoms with Gasteiger partial charge in [0.25, 0.3) is 5.91 Å². The smallest absolute Gasteiger partial charge is 0.312 e. The highest BCUT2D eigenvalue weighted by Crippen LogP contribution is 2.36. The summed E-state index contributed by atoms with van der Waals surface area (Å²) in [7, 11) is 0. The summed E-state index contributed by atoms with van der Waals surface area (Å²) in [6.07, 6.45) is 1.30. The molecule has 0 spiro atoms. The lowest BCUT2D eigenvalue weighted by atomic mass is 10.1. The van der Waals surface area contributed by atoms with Gasteiger partial charge in [-0.3, -0.25) is 14.9 Å². The summed E-state index contributed by atoms with van der Waals surface area (Å²) in [6, 6.07) is 2.36. The van der Waals surface area contributed by atoms with Gasteiger partial charge in [-0.25, -0.2) is 0 Å². The van der Waals surface area contributed by atoms with Gasteiger partial charge in [-0.2, -0.15) is 0 Å². The van der Waals surface area contributed by atoms with Crippen molar-refractivity contribution in [2.45, 2.75) is 0 Å². The molecule has 1 aliphatic rings. The van der Waals surface area contributed by atoms with Crippen molar-refractivity contribution in [2.24, 2.45) is 0 Å². The van der Waals surface area contributed by atoms with Gasteiger partial charge in [0, 0.05) is 16.7 Å². The molecule has 6 nitrogen and oxygen atoms in total. The predicted octanol–water partition coefficient (Wildman–Crippen LogP) is 2.44. The number of carbonyl (C=O) groups excluding carboxylic acids is 1. The molecule has 0 bridgehead atoms. The first-order valence-electron chi connectivity index (χ1n) is 4.80. The number of thioether (sulfide) groups is 1. The molecule has 0 aliphatic carbocycles. The summed E-state index contributed by atoms with van der Waals surface area (Å²) in [5, 5.41) is 23.0. The molecule has 1 amide bonds. The van der Waals surface area contributed by atoms with E-state index in [-0.39, 0.29) is 19.8 Å². The number of phenolic OH excluding ortho intramolecular Hbond substituents is 1. The van der Waals surface area contributed by atoms with Crippen molar-refractivity contribution >= 4 is 57.6 Å². The van der Waals surface area contributed by atoms with Crippen LogP contribution < -0.4 is 5.32 Å².